The fraction of sp³-hybridized carbons (Fsp3) is 0.500. The van der Waals surface area contributed by atoms with E-state index in [4.69, 9.17) is 5.73 Å². The van der Waals surface area contributed by atoms with E-state index in [0.717, 1.165) is 17.9 Å². The molecule has 0 heterocycles. The van der Waals surface area contributed by atoms with E-state index in [1.54, 1.807) is 12.1 Å². The van der Waals surface area contributed by atoms with Crippen LogP contribution in [0.4, 0.5) is 4.39 Å². The minimum atomic E-state index is -0.188. The average Bonchev–Trinajstić information content (AvgIpc) is 2.11. The molecule has 1 aliphatic carbocycles. The Morgan fingerprint density at radius 3 is 2.79 bits per heavy atom. The van der Waals surface area contributed by atoms with E-state index in [2.05, 4.69) is 0 Å². The Morgan fingerprint density at radius 1 is 1.43 bits per heavy atom. The molecule has 14 heavy (non-hydrogen) atoms. The lowest BCUT2D eigenvalue weighted by Gasteiger charge is -2.28. The molecule has 1 aromatic rings. The quantitative estimate of drug-likeness (QED) is 0.784. The fourth-order valence-corrected chi connectivity index (χ4v) is 1.96. The van der Waals surface area contributed by atoms with Crippen LogP contribution in [0, 0.1) is 11.7 Å². The molecular formula is C12H16FN. The van der Waals surface area contributed by atoms with Gasteiger partial charge in [0.15, 0.2) is 0 Å². The molecule has 0 spiro atoms. The van der Waals surface area contributed by atoms with E-state index in [1.807, 2.05) is 6.07 Å². The van der Waals surface area contributed by atoms with Gasteiger partial charge in [0.25, 0.3) is 0 Å². The zero-order valence-corrected chi connectivity index (χ0v) is 8.25. The monoisotopic (exact) mass is 193 g/mol. The highest BCUT2D eigenvalue weighted by atomic mass is 19.1. The van der Waals surface area contributed by atoms with Crippen molar-refractivity contribution in [1.82, 2.24) is 0 Å². The van der Waals surface area contributed by atoms with Crippen molar-refractivity contribution in [3.8, 4) is 0 Å². The zero-order chi connectivity index (χ0) is 9.97. The van der Waals surface area contributed by atoms with Crippen LogP contribution in [-0.2, 0) is 0 Å². The van der Waals surface area contributed by atoms with Crippen molar-refractivity contribution in [2.24, 2.45) is 11.7 Å². The summed E-state index contributed by atoms with van der Waals surface area (Å²) in [5.74, 6) is 0.583. The molecule has 0 saturated heterocycles. The van der Waals surface area contributed by atoms with Crippen molar-refractivity contribution in [2.45, 2.75) is 31.7 Å². The van der Waals surface area contributed by atoms with Crippen molar-refractivity contribution in [2.75, 3.05) is 0 Å². The summed E-state index contributed by atoms with van der Waals surface area (Å²) in [6.45, 7) is 0. The maximum Gasteiger partial charge on any atom is 0.123 e. The molecule has 1 atom stereocenters. The second kappa shape index (κ2) is 4.09. The van der Waals surface area contributed by atoms with Gasteiger partial charge in [-0.2, -0.15) is 0 Å². The molecule has 0 amide bonds. The molecule has 0 aliphatic heterocycles. The first-order valence-corrected chi connectivity index (χ1v) is 5.27. The molecule has 1 fully saturated rings. The maximum absolute atomic E-state index is 12.9. The topological polar surface area (TPSA) is 26.0 Å². The van der Waals surface area contributed by atoms with Crippen LogP contribution in [0.2, 0.25) is 0 Å². The summed E-state index contributed by atoms with van der Waals surface area (Å²) in [5.41, 5.74) is 6.94. The smallest absolute Gasteiger partial charge is 0.123 e. The summed E-state index contributed by atoms with van der Waals surface area (Å²) in [5, 5.41) is 0. The highest BCUT2D eigenvalue weighted by Gasteiger charge is 2.20. The molecule has 2 rings (SSSR count). The lowest BCUT2D eigenvalue weighted by atomic mass is 9.80. The van der Waals surface area contributed by atoms with E-state index in [-0.39, 0.29) is 11.9 Å². The number of benzene rings is 1. The van der Waals surface area contributed by atoms with Gasteiger partial charge in [-0.25, -0.2) is 4.39 Å². The highest BCUT2D eigenvalue weighted by Crippen LogP contribution is 2.33. The lowest BCUT2D eigenvalue weighted by Crippen LogP contribution is -2.20. The van der Waals surface area contributed by atoms with Gasteiger partial charge in [-0.3, -0.25) is 0 Å². The molecule has 0 radical (unpaired) electrons. The molecule has 0 aromatic heterocycles. The Kier molecular flexibility index (Phi) is 2.82. The number of rotatable bonds is 3. The Hall–Kier alpha value is -0.890. The SMILES string of the molecule is N[C@@H](CC1CCC1)c1cccc(F)c1. The van der Waals surface area contributed by atoms with Crippen LogP contribution in [0.1, 0.15) is 37.3 Å². The lowest BCUT2D eigenvalue weighted by molar-refractivity contribution is 0.277. The van der Waals surface area contributed by atoms with Gasteiger partial charge in [-0.05, 0) is 30.0 Å². The van der Waals surface area contributed by atoms with Crippen molar-refractivity contribution < 1.29 is 4.39 Å². The second-order valence-electron chi connectivity index (χ2n) is 4.19. The van der Waals surface area contributed by atoms with Crippen molar-refractivity contribution in [3.63, 3.8) is 0 Å². The van der Waals surface area contributed by atoms with Crippen molar-refractivity contribution in [3.05, 3.63) is 35.6 Å². The van der Waals surface area contributed by atoms with Gasteiger partial charge < -0.3 is 5.73 Å². The van der Waals surface area contributed by atoms with E-state index in [1.165, 1.54) is 25.3 Å². The van der Waals surface area contributed by atoms with Gasteiger partial charge in [0, 0.05) is 6.04 Å². The summed E-state index contributed by atoms with van der Waals surface area (Å²) in [4.78, 5) is 0. The Labute approximate surface area is 84.1 Å². The summed E-state index contributed by atoms with van der Waals surface area (Å²) in [6.07, 6.45) is 4.93. The standard InChI is InChI=1S/C12H16FN/c13-11-6-2-5-10(8-11)12(14)7-9-3-1-4-9/h2,5-6,8-9,12H,1,3-4,7,14H2/t12-/m0/s1. The molecule has 0 unspecified atom stereocenters. The van der Waals surface area contributed by atoms with Crippen molar-refractivity contribution >= 4 is 0 Å². The normalized spacial score (nSPS) is 19.0. The van der Waals surface area contributed by atoms with Gasteiger partial charge in [-0.1, -0.05) is 31.4 Å². The summed E-state index contributed by atoms with van der Waals surface area (Å²) in [7, 11) is 0. The molecule has 1 saturated carbocycles. The molecule has 1 aromatic carbocycles. The van der Waals surface area contributed by atoms with Crippen molar-refractivity contribution in [1.29, 1.82) is 0 Å². The fourth-order valence-electron chi connectivity index (χ4n) is 1.96. The first-order chi connectivity index (χ1) is 6.75. The summed E-state index contributed by atoms with van der Waals surface area (Å²) >= 11 is 0. The molecule has 1 nitrogen and oxygen atoms in total. The van der Waals surface area contributed by atoms with Gasteiger partial charge in [0.1, 0.15) is 5.82 Å². The summed E-state index contributed by atoms with van der Waals surface area (Å²) in [6, 6.07) is 6.65. The average molecular weight is 193 g/mol. The maximum atomic E-state index is 12.9. The van der Waals surface area contributed by atoms with Crippen LogP contribution in [0.15, 0.2) is 24.3 Å². The predicted molar refractivity (Wildman–Crippen MR) is 55.3 cm³/mol. The van der Waals surface area contributed by atoms with Crippen LogP contribution in [0.25, 0.3) is 0 Å². The zero-order valence-electron chi connectivity index (χ0n) is 8.25. The largest absolute Gasteiger partial charge is 0.324 e. The van der Waals surface area contributed by atoms with E-state index < -0.39 is 0 Å². The van der Waals surface area contributed by atoms with Crippen LogP contribution < -0.4 is 5.73 Å². The molecule has 0 bridgehead atoms. The van der Waals surface area contributed by atoms with Gasteiger partial charge in [-0.15, -0.1) is 0 Å². The Balaban J connectivity index is 1.98. The molecule has 76 valence electrons. The highest BCUT2D eigenvalue weighted by molar-refractivity contribution is 5.19. The third-order valence-corrected chi connectivity index (χ3v) is 3.09. The third kappa shape index (κ3) is 2.13. The van der Waals surface area contributed by atoms with Crippen LogP contribution >= 0.6 is 0 Å². The van der Waals surface area contributed by atoms with Gasteiger partial charge in [0.2, 0.25) is 0 Å². The second-order valence-corrected chi connectivity index (χ2v) is 4.19. The molecule has 1 aliphatic rings. The molecule has 2 heteroatoms. The minimum absolute atomic E-state index is 0.0102. The van der Waals surface area contributed by atoms with E-state index >= 15 is 0 Å². The van der Waals surface area contributed by atoms with Gasteiger partial charge >= 0.3 is 0 Å². The van der Waals surface area contributed by atoms with Crippen LogP contribution in [0.3, 0.4) is 0 Å². The van der Waals surface area contributed by atoms with Crippen LogP contribution in [-0.4, -0.2) is 0 Å². The third-order valence-electron chi connectivity index (χ3n) is 3.09. The first-order valence-electron chi connectivity index (χ1n) is 5.27. The number of nitrogens with two attached hydrogens (primary N) is 1. The molecular weight excluding hydrogens is 177 g/mol. The number of hydrogen-bond donors (Lipinski definition) is 1. The van der Waals surface area contributed by atoms with Crippen LogP contribution in [0.5, 0.6) is 0 Å². The summed E-state index contributed by atoms with van der Waals surface area (Å²) < 4.78 is 12.9. The van der Waals surface area contributed by atoms with E-state index in [9.17, 15) is 4.39 Å². The minimum Gasteiger partial charge on any atom is -0.324 e. The number of hydrogen-bond acceptors (Lipinski definition) is 1. The van der Waals surface area contributed by atoms with Gasteiger partial charge in [0.05, 0.1) is 0 Å². The Morgan fingerprint density at radius 2 is 2.21 bits per heavy atom. The predicted octanol–water partition coefficient (Wildman–Crippen LogP) is 3.02. The number of halogens is 1. The van der Waals surface area contributed by atoms with E-state index in [0.29, 0.717) is 0 Å². The Bertz CT molecular complexity index is 307. The molecule has 2 N–H and O–H groups in total. The first kappa shape index (κ1) is 9.66.